The highest BCUT2D eigenvalue weighted by atomic mass is 16.5. The first-order chi connectivity index (χ1) is 15.0. The average molecular weight is 417 g/mol. The van der Waals surface area contributed by atoms with Crippen LogP contribution in [0.25, 0.3) is 16.7 Å². The lowest BCUT2D eigenvalue weighted by atomic mass is 10.1. The van der Waals surface area contributed by atoms with Crippen LogP contribution in [0.4, 0.5) is 0 Å². The number of aliphatic imine (C=N–C) groups is 2. The van der Waals surface area contributed by atoms with E-state index in [0.29, 0.717) is 12.4 Å². The van der Waals surface area contributed by atoms with E-state index in [1.807, 2.05) is 38.1 Å². The second kappa shape index (κ2) is 9.65. The zero-order valence-corrected chi connectivity index (χ0v) is 17.4. The van der Waals surface area contributed by atoms with E-state index in [2.05, 4.69) is 26.9 Å². The first-order valence-electron chi connectivity index (χ1n) is 9.63. The highest BCUT2D eigenvalue weighted by Crippen LogP contribution is 2.23. The minimum atomic E-state index is -0.321. The molecule has 2 heterocycles. The summed E-state index contributed by atoms with van der Waals surface area (Å²) in [5.41, 5.74) is 7.57. The number of ether oxygens (including phenoxy) is 1. The number of fused-ring (bicyclic) bond motifs is 1. The van der Waals surface area contributed by atoms with Crippen molar-refractivity contribution in [1.29, 1.82) is 5.26 Å². The Labute approximate surface area is 179 Å². The lowest BCUT2D eigenvalue weighted by molar-refractivity contribution is 0.100. The van der Waals surface area contributed by atoms with Gasteiger partial charge in [0.1, 0.15) is 17.6 Å². The van der Waals surface area contributed by atoms with Crippen molar-refractivity contribution in [3.63, 3.8) is 0 Å². The number of aromatic nitrogens is 3. The highest BCUT2D eigenvalue weighted by molar-refractivity contribution is 6.00. The van der Waals surface area contributed by atoms with E-state index in [-0.39, 0.29) is 29.6 Å². The first kappa shape index (κ1) is 21.7. The Hall–Kier alpha value is -4.03. The van der Waals surface area contributed by atoms with Crippen molar-refractivity contribution < 1.29 is 9.53 Å². The number of rotatable bonds is 9. The van der Waals surface area contributed by atoms with Crippen molar-refractivity contribution in [2.24, 2.45) is 15.7 Å². The number of allylic oxidation sites excluding steroid dienone is 1. The normalized spacial score (nSPS) is 11.9. The summed E-state index contributed by atoms with van der Waals surface area (Å²) in [5, 5.41) is 17.5. The molecule has 0 fully saturated rings. The molecule has 9 heteroatoms. The molecular formula is C22H23N7O2. The van der Waals surface area contributed by atoms with E-state index in [4.69, 9.17) is 10.5 Å². The number of hydrogen-bond acceptors (Lipinski definition) is 7. The maximum Gasteiger partial charge on any atom is 0.179 e. The molecule has 3 N–H and O–H groups in total. The molecule has 0 amide bonds. The summed E-state index contributed by atoms with van der Waals surface area (Å²) < 4.78 is 7.29. The van der Waals surface area contributed by atoms with Crippen LogP contribution in [0.3, 0.4) is 0 Å². The molecule has 0 radical (unpaired) electrons. The number of H-pyrrole nitrogens is 1. The third-order valence-electron chi connectivity index (χ3n) is 4.41. The summed E-state index contributed by atoms with van der Waals surface area (Å²) in [6.07, 6.45) is 6.31. The van der Waals surface area contributed by atoms with Gasteiger partial charge in [0.25, 0.3) is 0 Å². The van der Waals surface area contributed by atoms with Crippen molar-refractivity contribution in [2.45, 2.75) is 26.5 Å². The van der Waals surface area contributed by atoms with E-state index in [0.717, 1.165) is 22.3 Å². The molecule has 0 spiro atoms. The molecule has 3 aromatic rings. The molecule has 31 heavy (non-hydrogen) atoms. The van der Waals surface area contributed by atoms with Crippen LogP contribution in [-0.4, -0.2) is 46.1 Å². The Morgan fingerprint density at radius 1 is 1.45 bits per heavy atom. The monoisotopic (exact) mass is 417 g/mol. The molecule has 2 aromatic heterocycles. The summed E-state index contributed by atoms with van der Waals surface area (Å²) in [6, 6.07) is 7.75. The number of nitriles is 1. The number of nitrogens with one attached hydrogen (secondary N) is 1. The zero-order valence-electron chi connectivity index (χ0n) is 17.4. The van der Waals surface area contributed by atoms with Crippen LogP contribution in [0.1, 0.15) is 35.5 Å². The quantitative estimate of drug-likeness (QED) is 0.408. The molecule has 0 saturated carbocycles. The molecule has 0 bridgehead atoms. The van der Waals surface area contributed by atoms with Crippen LogP contribution in [0, 0.1) is 11.3 Å². The summed E-state index contributed by atoms with van der Waals surface area (Å²) in [5.74, 6) is 0.866. The Bertz CT molecular complexity index is 1210. The van der Waals surface area contributed by atoms with Crippen LogP contribution in [0.2, 0.25) is 0 Å². The fourth-order valence-corrected chi connectivity index (χ4v) is 3.00. The Kier molecular flexibility index (Phi) is 6.74. The average Bonchev–Trinajstić information content (AvgIpc) is 3.37. The Morgan fingerprint density at radius 3 is 2.94 bits per heavy atom. The number of benzene rings is 1. The maximum absolute atomic E-state index is 11.9. The number of hydrogen-bond donors (Lipinski definition) is 2. The minimum absolute atomic E-state index is 0.0803. The number of aromatic amines is 1. The van der Waals surface area contributed by atoms with Crippen LogP contribution in [0.15, 0.2) is 46.7 Å². The summed E-state index contributed by atoms with van der Waals surface area (Å²) in [6.45, 7) is 7.66. The summed E-state index contributed by atoms with van der Waals surface area (Å²) in [7, 11) is 0. The molecule has 0 aliphatic rings. The summed E-state index contributed by atoms with van der Waals surface area (Å²) in [4.78, 5) is 20.2. The number of nitrogens with two attached hydrogens (primary N) is 1. The van der Waals surface area contributed by atoms with Gasteiger partial charge in [-0.05, 0) is 44.8 Å². The van der Waals surface area contributed by atoms with E-state index >= 15 is 0 Å². The lowest BCUT2D eigenvalue weighted by Crippen LogP contribution is -2.13. The second-order valence-corrected chi connectivity index (χ2v) is 6.95. The predicted molar refractivity (Wildman–Crippen MR) is 120 cm³/mol. The molecule has 0 saturated heterocycles. The fraction of sp³-hybridized carbons (Fsp3) is 0.227. The SMILES string of the molecule is C=N/C(=C\C=N/Cc1n[nH]c2ccc(OC(C)C)cc12)n1cc(C#N)c(C(=O)CN)c1. The van der Waals surface area contributed by atoms with Gasteiger partial charge in [-0.1, -0.05) is 0 Å². The van der Waals surface area contributed by atoms with Gasteiger partial charge in [-0.2, -0.15) is 10.4 Å². The van der Waals surface area contributed by atoms with Crippen molar-refractivity contribution in [1.82, 2.24) is 14.8 Å². The second-order valence-electron chi connectivity index (χ2n) is 6.95. The number of carbonyl (C=O) groups excluding carboxylic acids is 1. The third kappa shape index (κ3) is 4.94. The van der Waals surface area contributed by atoms with Gasteiger partial charge in [-0.25, -0.2) is 4.99 Å². The molecule has 0 aliphatic carbocycles. The van der Waals surface area contributed by atoms with Gasteiger partial charge in [0.05, 0.1) is 41.5 Å². The first-order valence-corrected chi connectivity index (χ1v) is 9.63. The van der Waals surface area contributed by atoms with Gasteiger partial charge >= 0.3 is 0 Å². The molecule has 0 atom stereocenters. The van der Waals surface area contributed by atoms with Gasteiger partial charge in [0, 0.05) is 24.0 Å². The Morgan fingerprint density at radius 2 is 2.26 bits per heavy atom. The van der Waals surface area contributed by atoms with Gasteiger partial charge < -0.3 is 15.0 Å². The van der Waals surface area contributed by atoms with Crippen LogP contribution in [-0.2, 0) is 6.54 Å². The van der Waals surface area contributed by atoms with E-state index in [1.54, 1.807) is 16.9 Å². The maximum atomic E-state index is 11.9. The van der Waals surface area contributed by atoms with Crippen LogP contribution >= 0.6 is 0 Å². The van der Waals surface area contributed by atoms with Crippen molar-refractivity contribution in [3.8, 4) is 11.8 Å². The van der Waals surface area contributed by atoms with Crippen LogP contribution < -0.4 is 10.5 Å². The molecule has 158 valence electrons. The predicted octanol–water partition coefficient (Wildman–Crippen LogP) is 2.93. The Balaban J connectivity index is 1.79. The molecule has 0 unspecified atom stereocenters. The van der Waals surface area contributed by atoms with Gasteiger partial charge in [-0.3, -0.25) is 14.9 Å². The fourth-order valence-electron chi connectivity index (χ4n) is 3.00. The lowest BCUT2D eigenvalue weighted by Gasteiger charge is -2.09. The largest absolute Gasteiger partial charge is 0.491 e. The highest BCUT2D eigenvalue weighted by Gasteiger charge is 2.14. The smallest absolute Gasteiger partial charge is 0.179 e. The number of ketones is 1. The van der Waals surface area contributed by atoms with E-state index in [1.165, 1.54) is 12.4 Å². The topological polar surface area (TPSA) is 134 Å². The van der Waals surface area contributed by atoms with Gasteiger partial charge in [0.2, 0.25) is 0 Å². The van der Waals surface area contributed by atoms with Crippen LogP contribution in [0.5, 0.6) is 5.75 Å². The number of Topliss-reactive ketones (excluding diaryl/α,β-unsaturated/α-hetero) is 1. The summed E-state index contributed by atoms with van der Waals surface area (Å²) >= 11 is 0. The molecule has 3 rings (SSSR count). The van der Waals surface area contributed by atoms with Gasteiger partial charge in [0.15, 0.2) is 5.78 Å². The molecule has 1 aromatic carbocycles. The molecule has 9 nitrogen and oxygen atoms in total. The molecular weight excluding hydrogens is 394 g/mol. The number of carbonyl (C=O) groups is 1. The van der Waals surface area contributed by atoms with Crippen molar-refractivity contribution in [2.75, 3.05) is 6.54 Å². The zero-order chi connectivity index (χ0) is 22.4. The minimum Gasteiger partial charge on any atom is -0.491 e. The standard InChI is InChI=1S/C22H23N7O2/c1-14(2)31-16-4-5-19-17(8-16)20(28-27-19)11-26-7-6-22(25-3)29-12-15(9-23)18(13-29)21(30)10-24/h4-8,12-14H,3,10-11,24H2,1-2H3,(H,27,28)/b22-6+,26-7-. The van der Waals surface area contributed by atoms with Crippen molar-refractivity contribution in [3.05, 3.63) is 53.5 Å². The molecule has 0 aliphatic heterocycles. The van der Waals surface area contributed by atoms with E-state index in [9.17, 15) is 10.1 Å². The van der Waals surface area contributed by atoms with Gasteiger partial charge in [-0.15, -0.1) is 0 Å². The third-order valence-corrected chi connectivity index (χ3v) is 4.41. The van der Waals surface area contributed by atoms with Crippen molar-refractivity contribution >= 4 is 35.4 Å². The van der Waals surface area contributed by atoms with E-state index < -0.39 is 0 Å². The number of nitrogens with zero attached hydrogens (tertiary/aromatic N) is 5.